The van der Waals surface area contributed by atoms with E-state index in [2.05, 4.69) is 22.0 Å². The second kappa shape index (κ2) is 9.09. The van der Waals surface area contributed by atoms with Crippen molar-refractivity contribution in [3.63, 3.8) is 0 Å². The highest BCUT2D eigenvalue weighted by molar-refractivity contribution is 6.30. The Bertz CT molecular complexity index is 947. The predicted octanol–water partition coefficient (Wildman–Crippen LogP) is 4.84. The molecule has 3 rings (SSSR count). The molecule has 28 heavy (non-hydrogen) atoms. The van der Waals surface area contributed by atoms with E-state index in [1.54, 1.807) is 0 Å². The summed E-state index contributed by atoms with van der Waals surface area (Å²) in [7, 11) is 0. The third kappa shape index (κ3) is 4.64. The van der Waals surface area contributed by atoms with Crippen molar-refractivity contribution < 1.29 is 9.90 Å². The van der Waals surface area contributed by atoms with E-state index in [1.165, 1.54) is 5.56 Å². The molecule has 0 radical (unpaired) electrons. The molecule has 0 amide bonds. The van der Waals surface area contributed by atoms with Crippen LogP contribution in [0.15, 0.2) is 54.6 Å². The predicted molar refractivity (Wildman–Crippen MR) is 113 cm³/mol. The molecule has 5 heteroatoms. The molecule has 2 N–H and O–H groups in total. The lowest BCUT2D eigenvalue weighted by Gasteiger charge is -2.10. The zero-order valence-corrected chi connectivity index (χ0v) is 17.0. The maximum absolute atomic E-state index is 11.9. The smallest absolute Gasteiger partial charge is 0.337 e. The Morgan fingerprint density at radius 3 is 2.32 bits per heavy atom. The van der Waals surface area contributed by atoms with Crippen LogP contribution in [-0.2, 0) is 19.5 Å². The van der Waals surface area contributed by atoms with Gasteiger partial charge in [0, 0.05) is 35.1 Å². The van der Waals surface area contributed by atoms with Crippen LogP contribution < -0.4 is 5.32 Å². The highest BCUT2D eigenvalue weighted by Crippen LogP contribution is 2.24. The third-order valence-corrected chi connectivity index (χ3v) is 5.36. The number of nitrogens with zero attached hydrogens (tertiary/aromatic N) is 1. The van der Waals surface area contributed by atoms with E-state index in [9.17, 15) is 9.90 Å². The molecule has 0 aliphatic heterocycles. The maximum atomic E-state index is 11.9. The molecule has 0 aliphatic rings. The van der Waals surface area contributed by atoms with Crippen molar-refractivity contribution in [3.8, 4) is 0 Å². The number of carboxylic acids is 1. The number of aromatic carboxylic acids is 1. The standard InChI is InChI=1S/C23H25ClN2O2/c1-16-21(14-25-13-12-18-6-4-3-5-7-18)22(23(27)28)17(2)26(16)15-19-8-10-20(24)11-9-19/h3-11,25H,12-15H2,1-2H3,(H,27,28). The summed E-state index contributed by atoms with van der Waals surface area (Å²) in [4.78, 5) is 11.9. The molecule has 0 spiro atoms. The number of aromatic nitrogens is 1. The Morgan fingerprint density at radius 2 is 1.68 bits per heavy atom. The number of rotatable bonds is 8. The largest absolute Gasteiger partial charge is 0.478 e. The Hall–Kier alpha value is -2.56. The molecule has 2 aromatic carbocycles. The van der Waals surface area contributed by atoms with Crippen molar-refractivity contribution in [2.45, 2.75) is 33.4 Å². The van der Waals surface area contributed by atoms with E-state index >= 15 is 0 Å². The van der Waals surface area contributed by atoms with Gasteiger partial charge in [-0.05, 0) is 50.1 Å². The van der Waals surface area contributed by atoms with Crippen molar-refractivity contribution in [2.75, 3.05) is 6.54 Å². The molecular weight excluding hydrogens is 372 g/mol. The summed E-state index contributed by atoms with van der Waals surface area (Å²) < 4.78 is 2.07. The Morgan fingerprint density at radius 1 is 1.00 bits per heavy atom. The molecule has 1 heterocycles. The normalized spacial score (nSPS) is 11.0. The van der Waals surface area contributed by atoms with Gasteiger partial charge < -0.3 is 15.0 Å². The molecule has 4 nitrogen and oxygen atoms in total. The number of carbonyl (C=O) groups is 1. The number of hydrogen-bond donors (Lipinski definition) is 2. The Balaban J connectivity index is 1.76. The lowest BCUT2D eigenvalue weighted by molar-refractivity contribution is 0.0694. The zero-order valence-electron chi connectivity index (χ0n) is 16.2. The van der Waals surface area contributed by atoms with E-state index in [0.717, 1.165) is 35.5 Å². The third-order valence-electron chi connectivity index (χ3n) is 5.11. The topological polar surface area (TPSA) is 54.3 Å². The van der Waals surface area contributed by atoms with Crippen LogP contribution >= 0.6 is 11.6 Å². The minimum absolute atomic E-state index is 0.402. The van der Waals surface area contributed by atoms with Crippen LogP contribution in [0.3, 0.4) is 0 Å². The minimum Gasteiger partial charge on any atom is -0.478 e. The van der Waals surface area contributed by atoms with Crippen LogP contribution in [0.1, 0.15) is 38.4 Å². The summed E-state index contributed by atoms with van der Waals surface area (Å²) in [6.45, 7) is 5.82. The van der Waals surface area contributed by atoms with E-state index < -0.39 is 5.97 Å². The molecule has 1 aromatic heterocycles. The average molecular weight is 397 g/mol. The first-order valence-corrected chi connectivity index (χ1v) is 9.76. The van der Waals surface area contributed by atoms with Crippen molar-refractivity contribution in [1.82, 2.24) is 9.88 Å². The Kier molecular flexibility index (Phi) is 6.55. The van der Waals surface area contributed by atoms with Gasteiger partial charge in [-0.1, -0.05) is 54.1 Å². The first-order valence-electron chi connectivity index (χ1n) is 9.38. The summed E-state index contributed by atoms with van der Waals surface area (Å²) in [5, 5.41) is 13.9. The lowest BCUT2D eigenvalue weighted by Crippen LogP contribution is -2.18. The number of halogens is 1. The van der Waals surface area contributed by atoms with Gasteiger partial charge in [-0.2, -0.15) is 0 Å². The maximum Gasteiger partial charge on any atom is 0.337 e. The summed E-state index contributed by atoms with van der Waals surface area (Å²) in [5.41, 5.74) is 5.37. The molecule has 0 atom stereocenters. The van der Waals surface area contributed by atoms with E-state index in [4.69, 9.17) is 11.6 Å². The molecule has 146 valence electrons. The summed E-state index contributed by atoms with van der Waals surface area (Å²) in [5.74, 6) is -0.879. The summed E-state index contributed by atoms with van der Waals surface area (Å²) in [6.07, 6.45) is 0.909. The minimum atomic E-state index is -0.879. The van der Waals surface area contributed by atoms with Crippen LogP contribution in [0.5, 0.6) is 0 Å². The monoisotopic (exact) mass is 396 g/mol. The molecule has 0 fully saturated rings. The van der Waals surface area contributed by atoms with Gasteiger partial charge in [0.15, 0.2) is 0 Å². The van der Waals surface area contributed by atoms with Crippen molar-refractivity contribution >= 4 is 17.6 Å². The molecule has 0 aliphatic carbocycles. The van der Waals surface area contributed by atoms with Gasteiger partial charge in [0.25, 0.3) is 0 Å². The van der Waals surface area contributed by atoms with Gasteiger partial charge >= 0.3 is 5.97 Å². The first-order chi connectivity index (χ1) is 13.5. The molecule has 0 saturated carbocycles. The SMILES string of the molecule is Cc1c(CNCCc2ccccc2)c(C(=O)O)c(C)n1Cc1ccc(Cl)cc1. The van der Waals surface area contributed by atoms with Crippen molar-refractivity contribution in [2.24, 2.45) is 0 Å². The van der Waals surface area contributed by atoms with Gasteiger partial charge in [-0.3, -0.25) is 0 Å². The van der Waals surface area contributed by atoms with Crippen LogP contribution in [0.2, 0.25) is 5.02 Å². The molecule has 3 aromatic rings. The van der Waals surface area contributed by atoms with Crippen molar-refractivity contribution in [3.05, 3.63) is 93.3 Å². The molecule has 0 bridgehead atoms. The van der Waals surface area contributed by atoms with E-state index in [1.807, 2.05) is 56.3 Å². The Labute approximate surface area is 170 Å². The van der Waals surface area contributed by atoms with Gasteiger partial charge in [-0.25, -0.2) is 4.79 Å². The van der Waals surface area contributed by atoms with Gasteiger partial charge in [0.05, 0.1) is 5.56 Å². The first kappa shape index (κ1) is 20.2. The molecular formula is C23H25ClN2O2. The van der Waals surface area contributed by atoms with Gasteiger partial charge in [0.2, 0.25) is 0 Å². The number of hydrogen-bond acceptors (Lipinski definition) is 2. The van der Waals surface area contributed by atoms with Crippen LogP contribution in [0.25, 0.3) is 0 Å². The summed E-state index contributed by atoms with van der Waals surface area (Å²) in [6, 6.07) is 17.9. The quantitative estimate of drug-likeness (QED) is 0.536. The fourth-order valence-electron chi connectivity index (χ4n) is 3.55. The molecule has 0 saturated heterocycles. The number of carboxylic acid groups (broad SMARTS) is 1. The highest BCUT2D eigenvalue weighted by atomic mass is 35.5. The van der Waals surface area contributed by atoms with Crippen LogP contribution in [0.4, 0.5) is 0 Å². The summed E-state index contributed by atoms with van der Waals surface area (Å²) >= 11 is 5.97. The number of nitrogens with one attached hydrogen (secondary N) is 1. The van der Waals surface area contributed by atoms with Gasteiger partial charge in [0.1, 0.15) is 0 Å². The van der Waals surface area contributed by atoms with Crippen LogP contribution in [-0.4, -0.2) is 22.2 Å². The van der Waals surface area contributed by atoms with Crippen LogP contribution in [0, 0.1) is 13.8 Å². The number of benzene rings is 2. The second-order valence-corrected chi connectivity index (χ2v) is 7.39. The van der Waals surface area contributed by atoms with E-state index in [0.29, 0.717) is 23.7 Å². The fraction of sp³-hybridized carbons (Fsp3) is 0.261. The zero-order chi connectivity index (χ0) is 20.1. The lowest BCUT2D eigenvalue weighted by atomic mass is 10.1. The van der Waals surface area contributed by atoms with Crippen molar-refractivity contribution in [1.29, 1.82) is 0 Å². The van der Waals surface area contributed by atoms with E-state index in [-0.39, 0.29) is 0 Å². The fourth-order valence-corrected chi connectivity index (χ4v) is 3.68. The highest BCUT2D eigenvalue weighted by Gasteiger charge is 2.22. The van der Waals surface area contributed by atoms with Gasteiger partial charge in [-0.15, -0.1) is 0 Å². The molecule has 0 unspecified atom stereocenters. The second-order valence-electron chi connectivity index (χ2n) is 6.95. The average Bonchev–Trinajstić information content (AvgIpc) is 2.92.